The molecule has 0 aromatic carbocycles. The zero-order valence-electron chi connectivity index (χ0n) is 9.02. The van der Waals surface area contributed by atoms with E-state index in [1.54, 1.807) is 25.7 Å². The van der Waals surface area contributed by atoms with Crippen LogP contribution in [0.3, 0.4) is 0 Å². The topological polar surface area (TPSA) is 0 Å². The van der Waals surface area contributed by atoms with Crippen LogP contribution in [0.2, 0.25) is 0 Å². The van der Waals surface area contributed by atoms with E-state index >= 15 is 0 Å². The molecule has 5 aliphatic rings. The maximum absolute atomic E-state index is 2.54. The smallest absolute Gasteiger partial charge is 0.0320 e. The van der Waals surface area contributed by atoms with Gasteiger partial charge in [-0.05, 0) is 78.9 Å². The molecular formula is C14H20. The molecule has 4 bridgehead atoms. The zero-order valence-corrected chi connectivity index (χ0v) is 9.02. The fourth-order valence-corrected chi connectivity index (χ4v) is 6.98. The van der Waals surface area contributed by atoms with Crippen molar-refractivity contribution >= 4 is 0 Å². The van der Waals surface area contributed by atoms with Gasteiger partial charge < -0.3 is 0 Å². The Labute approximate surface area is 86.5 Å². The standard InChI is InChI=1S/C14H20/c1-6-11-9-5-10(12(6)11)14-8-3-2-7(4-8)13(9)14/h6-14H,2-5H2,1H3. The van der Waals surface area contributed by atoms with E-state index in [1.165, 1.54) is 47.3 Å². The monoisotopic (exact) mass is 188 g/mol. The number of rotatable bonds is 0. The van der Waals surface area contributed by atoms with Crippen molar-refractivity contribution in [2.45, 2.75) is 32.6 Å². The van der Waals surface area contributed by atoms with Gasteiger partial charge in [-0.2, -0.15) is 0 Å². The molecule has 0 N–H and O–H groups in total. The molecule has 8 atom stereocenters. The predicted octanol–water partition coefficient (Wildman–Crippen LogP) is 3.18. The molecule has 0 heteroatoms. The average molecular weight is 188 g/mol. The highest BCUT2D eigenvalue weighted by Gasteiger charge is 2.73. The summed E-state index contributed by atoms with van der Waals surface area (Å²) in [6.07, 6.45) is 6.54. The molecule has 8 unspecified atom stereocenters. The first-order chi connectivity index (χ1) is 6.86. The van der Waals surface area contributed by atoms with Crippen molar-refractivity contribution in [3.05, 3.63) is 0 Å². The SMILES string of the molecule is CC1C2C3CC(C4C5CCC(C5)C34)C12. The van der Waals surface area contributed by atoms with Crippen molar-refractivity contribution in [3.8, 4) is 0 Å². The summed E-state index contributed by atoms with van der Waals surface area (Å²) in [4.78, 5) is 0. The highest BCUT2D eigenvalue weighted by atomic mass is 14.8. The van der Waals surface area contributed by atoms with Crippen LogP contribution >= 0.6 is 0 Å². The molecule has 0 saturated heterocycles. The lowest BCUT2D eigenvalue weighted by Gasteiger charge is -2.34. The van der Waals surface area contributed by atoms with Crippen LogP contribution in [0.4, 0.5) is 0 Å². The van der Waals surface area contributed by atoms with Crippen molar-refractivity contribution < 1.29 is 0 Å². The van der Waals surface area contributed by atoms with Gasteiger partial charge in [-0.1, -0.05) is 6.92 Å². The van der Waals surface area contributed by atoms with E-state index < -0.39 is 0 Å². The third-order valence-corrected chi connectivity index (χ3v) is 7.09. The van der Waals surface area contributed by atoms with Gasteiger partial charge in [-0.15, -0.1) is 0 Å². The van der Waals surface area contributed by atoms with Gasteiger partial charge in [0, 0.05) is 0 Å². The highest BCUT2D eigenvalue weighted by molar-refractivity contribution is 5.20. The minimum atomic E-state index is 1.14. The van der Waals surface area contributed by atoms with E-state index in [9.17, 15) is 0 Å². The van der Waals surface area contributed by atoms with Crippen LogP contribution in [-0.4, -0.2) is 0 Å². The van der Waals surface area contributed by atoms with Crippen LogP contribution in [-0.2, 0) is 0 Å². The molecule has 0 radical (unpaired) electrons. The Balaban J connectivity index is 1.61. The summed E-state index contributed by atoms with van der Waals surface area (Å²) in [5.41, 5.74) is 0. The lowest BCUT2D eigenvalue weighted by atomic mass is 9.71. The number of hydrogen-bond acceptors (Lipinski definition) is 0. The second-order valence-corrected chi connectivity index (χ2v) is 7.07. The first-order valence-corrected chi connectivity index (χ1v) is 6.86. The minimum Gasteiger partial charge on any atom is -0.0619 e. The molecule has 5 fully saturated rings. The third kappa shape index (κ3) is 0.558. The van der Waals surface area contributed by atoms with Crippen molar-refractivity contribution in [2.75, 3.05) is 0 Å². The summed E-state index contributed by atoms with van der Waals surface area (Å²) in [7, 11) is 0. The maximum atomic E-state index is 2.54. The van der Waals surface area contributed by atoms with Crippen LogP contribution in [0.25, 0.3) is 0 Å². The lowest BCUT2D eigenvalue weighted by molar-refractivity contribution is 0.139. The summed E-state index contributed by atoms with van der Waals surface area (Å²) < 4.78 is 0. The summed E-state index contributed by atoms with van der Waals surface area (Å²) in [6.45, 7) is 2.54. The van der Waals surface area contributed by atoms with Gasteiger partial charge in [0.05, 0.1) is 0 Å². The Morgan fingerprint density at radius 1 is 0.714 bits per heavy atom. The van der Waals surface area contributed by atoms with E-state index in [-0.39, 0.29) is 0 Å². The molecular weight excluding hydrogens is 168 g/mol. The van der Waals surface area contributed by atoms with Crippen LogP contribution < -0.4 is 0 Å². The summed E-state index contributed by atoms with van der Waals surface area (Å²) in [6, 6.07) is 0. The molecule has 5 aliphatic carbocycles. The molecule has 0 aromatic rings. The van der Waals surface area contributed by atoms with Gasteiger partial charge >= 0.3 is 0 Å². The molecule has 0 nitrogen and oxygen atoms in total. The van der Waals surface area contributed by atoms with Crippen LogP contribution in [0.5, 0.6) is 0 Å². The Hall–Kier alpha value is 0. The van der Waals surface area contributed by atoms with Crippen LogP contribution in [0.1, 0.15) is 32.6 Å². The van der Waals surface area contributed by atoms with Crippen LogP contribution in [0.15, 0.2) is 0 Å². The molecule has 0 aliphatic heterocycles. The molecule has 76 valence electrons. The van der Waals surface area contributed by atoms with Gasteiger partial charge in [-0.3, -0.25) is 0 Å². The number of hydrogen-bond donors (Lipinski definition) is 0. The number of fused-ring (bicyclic) bond motifs is 12. The Bertz CT molecular complexity index is 279. The van der Waals surface area contributed by atoms with E-state index in [0.29, 0.717) is 0 Å². The molecule has 5 rings (SSSR count). The average Bonchev–Trinajstić information content (AvgIpc) is 2.78. The molecule has 0 heterocycles. The lowest BCUT2D eigenvalue weighted by Crippen LogP contribution is -2.29. The fourth-order valence-electron chi connectivity index (χ4n) is 6.98. The first kappa shape index (κ1) is 7.30. The van der Waals surface area contributed by atoms with Gasteiger partial charge in [0.15, 0.2) is 0 Å². The molecule has 0 aromatic heterocycles. The van der Waals surface area contributed by atoms with E-state index in [2.05, 4.69) is 6.92 Å². The normalized spacial score (nSPS) is 76.5. The Kier molecular flexibility index (Phi) is 1.02. The van der Waals surface area contributed by atoms with Gasteiger partial charge in [-0.25, -0.2) is 0 Å². The summed E-state index contributed by atoms with van der Waals surface area (Å²) in [5.74, 6) is 10.9. The molecule has 0 amide bonds. The second-order valence-electron chi connectivity index (χ2n) is 7.07. The van der Waals surface area contributed by atoms with E-state index in [1.807, 2.05) is 0 Å². The van der Waals surface area contributed by atoms with E-state index in [0.717, 1.165) is 5.92 Å². The van der Waals surface area contributed by atoms with Gasteiger partial charge in [0.2, 0.25) is 0 Å². The van der Waals surface area contributed by atoms with E-state index in [4.69, 9.17) is 0 Å². The van der Waals surface area contributed by atoms with Crippen molar-refractivity contribution in [3.63, 3.8) is 0 Å². The van der Waals surface area contributed by atoms with Crippen molar-refractivity contribution in [1.29, 1.82) is 0 Å². The molecule has 14 heavy (non-hydrogen) atoms. The first-order valence-electron chi connectivity index (χ1n) is 6.86. The quantitative estimate of drug-likeness (QED) is 0.512. The fraction of sp³-hybridized carbons (Fsp3) is 1.00. The predicted molar refractivity (Wildman–Crippen MR) is 55.6 cm³/mol. The third-order valence-electron chi connectivity index (χ3n) is 7.09. The largest absolute Gasteiger partial charge is 0.0619 e. The van der Waals surface area contributed by atoms with Crippen LogP contribution in [0, 0.1) is 53.3 Å². The maximum Gasteiger partial charge on any atom is -0.0320 e. The minimum absolute atomic E-state index is 1.14. The second kappa shape index (κ2) is 1.95. The summed E-state index contributed by atoms with van der Waals surface area (Å²) in [5, 5.41) is 0. The molecule has 5 saturated carbocycles. The van der Waals surface area contributed by atoms with Crippen molar-refractivity contribution in [1.82, 2.24) is 0 Å². The summed E-state index contributed by atoms with van der Waals surface area (Å²) >= 11 is 0. The van der Waals surface area contributed by atoms with Gasteiger partial charge in [0.1, 0.15) is 0 Å². The van der Waals surface area contributed by atoms with Gasteiger partial charge in [0.25, 0.3) is 0 Å². The molecule has 0 spiro atoms. The zero-order chi connectivity index (χ0) is 9.02. The highest BCUT2D eigenvalue weighted by Crippen LogP contribution is 2.78. The Morgan fingerprint density at radius 2 is 1.29 bits per heavy atom. The van der Waals surface area contributed by atoms with Crippen molar-refractivity contribution in [2.24, 2.45) is 53.3 Å². The Morgan fingerprint density at radius 3 is 1.86 bits per heavy atom.